The zero-order valence-electron chi connectivity index (χ0n) is 13.6. The van der Waals surface area contributed by atoms with E-state index < -0.39 is 0 Å². The summed E-state index contributed by atoms with van der Waals surface area (Å²) < 4.78 is 10.4. The Labute approximate surface area is 128 Å². The number of ketones is 1. The lowest BCUT2D eigenvalue weighted by atomic mass is 10.0. The Bertz CT molecular complexity index is 426. The van der Waals surface area contributed by atoms with Gasteiger partial charge in [0.05, 0.1) is 19.8 Å². The first-order valence-electron chi connectivity index (χ1n) is 7.98. The second-order valence-electron chi connectivity index (χ2n) is 5.36. The number of rotatable bonds is 11. The van der Waals surface area contributed by atoms with E-state index in [9.17, 15) is 4.79 Å². The summed E-state index contributed by atoms with van der Waals surface area (Å²) in [6, 6.07) is 5.36. The van der Waals surface area contributed by atoms with Crippen LogP contribution in [-0.4, -0.2) is 20.0 Å². The quantitative estimate of drug-likeness (QED) is 0.424. The molecule has 0 aliphatic heterocycles. The summed E-state index contributed by atoms with van der Waals surface area (Å²) in [4.78, 5) is 12.2. The van der Waals surface area contributed by atoms with Crippen molar-refractivity contribution in [3.05, 3.63) is 23.8 Å². The van der Waals surface area contributed by atoms with E-state index in [0.717, 1.165) is 12.8 Å². The van der Waals surface area contributed by atoms with Crippen molar-refractivity contribution in [2.45, 2.75) is 58.3 Å². The van der Waals surface area contributed by atoms with E-state index in [1.54, 1.807) is 32.4 Å². The van der Waals surface area contributed by atoms with Gasteiger partial charge < -0.3 is 9.47 Å². The minimum absolute atomic E-state index is 0.156. The third-order valence-electron chi connectivity index (χ3n) is 3.72. The van der Waals surface area contributed by atoms with Crippen LogP contribution in [0.1, 0.15) is 68.6 Å². The van der Waals surface area contributed by atoms with Gasteiger partial charge in [-0.25, -0.2) is 0 Å². The monoisotopic (exact) mass is 292 g/mol. The molecular formula is C18H28O3. The molecule has 0 amide bonds. The van der Waals surface area contributed by atoms with Gasteiger partial charge in [-0.1, -0.05) is 45.4 Å². The third-order valence-corrected chi connectivity index (χ3v) is 3.72. The molecule has 21 heavy (non-hydrogen) atoms. The molecule has 0 aliphatic rings. The van der Waals surface area contributed by atoms with Crippen molar-refractivity contribution in [2.75, 3.05) is 14.2 Å². The lowest BCUT2D eigenvalue weighted by Gasteiger charge is -2.09. The van der Waals surface area contributed by atoms with E-state index in [4.69, 9.17) is 9.47 Å². The Kier molecular flexibility index (Phi) is 8.56. The van der Waals surface area contributed by atoms with Crippen LogP contribution in [-0.2, 0) is 0 Å². The van der Waals surface area contributed by atoms with Crippen LogP contribution < -0.4 is 9.47 Å². The van der Waals surface area contributed by atoms with Crippen molar-refractivity contribution in [2.24, 2.45) is 0 Å². The standard InChI is InChI=1S/C18H28O3/c1-4-5-6-7-8-9-10-11-17(19)16-13-12-15(20-2)14-18(16)21-3/h12-14H,4-11H2,1-3H3. The number of hydrogen-bond donors (Lipinski definition) is 0. The zero-order chi connectivity index (χ0) is 15.5. The number of carbonyl (C=O) groups excluding carboxylic acids is 1. The third kappa shape index (κ3) is 6.19. The maximum absolute atomic E-state index is 12.2. The molecule has 3 nitrogen and oxygen atoms in total. The summed E-state index contributed by atoms with van der Waals surface area (Å²) in [5, 5.41) is 0. The molecule has 3 heteroatoms. The van der Waals surface area contributed by atoms with Crippen LogP contribution >= 0.6 is 0 Å². The summed E-state index contributed by atoms with van der Waals surface area (Å²) in [6.07, 6.45) is 9.11. The first-order chi connectivity index (χ1) is 10.2. The number of methoxy groups -OCH3 is 2. The summed E-state index contributed by atoms with van der Waals surface area (Å²) in [7, 11) is 3.19. The number of unbranched alkanes of at least 4 members (excludes halogenated alkanes) is 6. The zero-order valence-corrected chi connectivity index (χ0v) is 13.6. The van der Waals surface area contributed by atoms with Crippen LogP contribution in [0.2, 0.25) is 0 Å². The molecular weight excluding hydrogens is 264 g/mol. The van der Waals surface area contributed by atoms with E-state index in [1.165, 1.54) is 32.1 Å². The number of ether oxygens (including phenoxy) is 2. The lowest BCUT2D eigenvalue weighted by molar-refractivity contribution is 0.0976. The maximum atomic E-state index is 12.2. The number of Topliss-reactive ketones (excluding diaryl/α,β-unsaturated/α-hetero) is 1. The van der Waals surface area contributed by atoms with E-state index in [-0.39, 0.29) is 5.78 Å². The number of carbonyl (C=O) groups is 1. The molecule has 0 aliphatic carbocycles. The summed E-state index contributed by atoms with van der Waals surface area (Å²) in [6.45, 7) is 2.22. The fourth-order valence-corrected chi connectivity index (χ4v) is 2.41. The molecule has 0 heterocycles. The van der Waals surface area contributed by atoms with E-state index in [2.05, 4.69) is 6.92 Å². The van der Waals surface area contributed by atoms with Crippen molar-refractivity contribution in [3.8, 4) is 11.5 Å². The highest BCUT2D eigenvalue weighted by Gasteiger charge is 2.12. The molecule has 1 rings (SSSR count). The smallest absolute Gasteiger partial charge is 0.166 e. The summed E-state index contributed by atoms with van der Waals surface area (Å²) in [5.74, 6) is 1.46. The Morgan fingerprint density at radius 1 is 0.952 bits per heavy atom. The highest BCUT2D eigenvalue weighted by atomic mass is 16.5. The topological polar surface area (TPSA) is 35.5 Å². The molecule has 0 saturated heterocycles. The fraction of sp³-hybridized carbons (Fsp3) is 0.611. The Balaban J connectivity index is 2.38. The van der Waals surface area contributed by atoms with E-state index >= 15 is 0 Å². The van der Waals surface area contributed by atoms with Gasteiger partial charge in [-0.3, -0.25) is 4.79 Å². The van der Waals surface area contributed by atoms with Crippen LogP contribution in [0.3, 0.4) is 0 Å². The van der Waals surface area contributed by atoms with Crippen LogP contribution in [0.5, 0.6) is 11.5 Å². The van der Waals surface area contributed by atoms with E-state index in [1.807, 2.05) is 0 Å². The second-order valence-corrected chi connectivity index (χ2v) is 5.36. The molecule has 0 atom stereocenters. The SMILES string of the molecule is CCCCCCCCCC(=O)c1ccc(OC)cc1OC. The van der Waals surface area contributed by atoms with Gasteiger partial charge in [-0.15, -0.1) is 0 Å². The molecule has 118 valence electrons. The number of hydrogen-bond acceptors (Lipinski definition) is 3. The van der Waals surface area contributed by atoms with Crippen LogP contribution in [0.25, 0.3) is 0 Å². The molecule has 0 fully saturated rings. The van der Waals surface area contributed by atoms with Gasteiger partial charge >= 0.3 is 0 Å². The Hall–Kier alpha value is -1.51. The van der Waals surface area contributed by atoms with Crippen molar-refractivity contribution >= 4 is 5.78 Å². The van der Waals surface area contributed by atoms with Gasteiger partial charge in [0.25, 0.3) is 0 Å². The molecule has 0 radical (unpaired) electrons. The predicted molar refractivity (Wildman–Crippen MR) is 86.5 cm³/mol. The van der Waals surface area contributed by atoms with Gasteiger partial charge in [0.1, 0.15) is 11.5 Å². The van der Waals surface area contributed by atoms with Crippen LogP contribution in [0, 0.1) is 0 Å². The largest absolute Gasteiger partial charge is 0.497 e. The molecule has 1 aromatic rings. The highest BCUT2D eigenvalue weighted by Crippen LogP contribution is 2.26. The van der Waals surface area contributed by atoms with Gasteiger partial charge in [0, 0.05) is 12.5 Å². The van der Waals surface area contributed by atoms with Gasteiger partial charge in [0.2, 0.25) is 0 Å². The molecule has 0 saturated carbocycles. The molecule has 0 bridgehead atoms. The van der Waals surface area contributed by atoms with Crippen LogP contribution in [0.4, 0.5) is 0 Å². The average Bonchev–Trinajstić information content (AvgIpc) is 2.53. The molecule has 0 unspecified atom stereocenters. The van der Waals surface area contributed by atoms with Crippen molar-refractivity contribution in [3.63, 3.8) is 0 Å². The Morgan fingerprint density at radius 3 is 2.24 bits per heavy atom. The molecule has 0 spiro atoms. The first kappa shape index (κ1) is 17.5. The number of benzene rings is 1. The summed E-state index contributed by atoms with van der Waals surface area (Å²) in [5.41, 5.74) is 0.657. The van der Waals surface area contributed by atoms with Gasteiger partial charge in [-0.2, -0.15) is 0 Å². The minimum Gasteiger partial charge on any atom is -0.497 e. The van der Waals surface area contributed by atoms with Crippen molar-refractivity contribution in [1.82, 2.24) is 0 Å². The van der Waals surface area contributed by atoms with Crippen molar-refractivity contribution < 1.29 is 14.3 Å². The first-order valence-corrected chi connectivity index (χ1v) is 7.98. The second kappa shape index (κ2) is 10.3. The molecule has 1 aromatic carbocycles. The van der Waals surface area contributed by atoms with Crippen molar-refractivity contribution in [1.29, 1.82) is 0 Å². The summed E-state index contributed by atoms with van der Waals surface area (Å²) >= 11 is 0. The predicted octanol–water partition coefficient (Wildman–Crippen LogP) is 5.03. The lowest BCUT2D eigenvalue weighted by Crippen LogP contribution is -2.02. The highest BCUT2D eigenvalue weighted by molar-refractivity contribution is 5.98. The molecule has 0 aromatic heterocycles. The maximum Gasteiger partial charge on any atom is 0.166 e. The Morgan fingerprint density at radius 2 is 1.62 bits per heavy atom. The molecule has 0 N–H and O–H groups in total. The van der Waals surface area contributed by atoms with E-state index in [0.29, 0.717) is 23.5 Å². The fourth-order valence-electron chi connectivity index (χ4n) is 2.41. The van der Waals surface area contributed by atoms with Gasteiger partial charge in [0.15, 0.2) is 5.78 Å². The minimum atomic E-state index is 0.156. The van der Waals surface area contributed by atoms with Crippen LogP contribution in [0.15, 0.2) is 18.2 Å². The van der Waals surface area contributed by atoms with Gasteiger partial charge in [-0.05, 0) is 18.6 Å². The average molecular weight is 292 g/mol. The normalized spacial score (nSPS) is 10.4.